The van der Waals surface area contributed by atoms with Crippen LogP contribution in [0.3, 0.4) is 0 Å². The van der Waals surface area contributed by atoms with E-state index in [4.69, 9.17) is 30.6 Å². The highest BCUT2D eigenvalue weighted by molar-refractivity contribution is 8.00. The molecule has 10 nitrogen and oxygen atoms in total. The molecular weight excluding hydrogens is 532 g/mol. The number of nitrogens with zero attached hydrogens (tertiary/aromatic N) is 2. The van der Waals surface area contributed by atoms with E-state index in [1.165, 1.54) is 50.1 Å². The van der Waals surface area contributed by atoms with Gasteiger partial charge in [0.2, 0.25) is 5.75 Å². The number of ether oxygens (including phenoxy) is 3. The van der Waals surface area contributed by atoms with E-state index in [1.807, 2.05) is 6.26 Å². The third kappa shape index (κ3) is 2.99. The number of hydrogen-bond acceptors (Lipinski definition) is 10. The number of piperazine rings is 1. The van der Waals surface area contributed by atoms with Crippen molar-refractivity contribution in [3.05, 3.63) is 29.8 Å². The van der Waals surface area contributed by atoms with Gasteiger partial charge in [-0.2, -0.15) is 16.8 Å². The highest BCUT2D eigenvalue weighted by atomic mass is 35.5. The molecule has 13 heteroatoms. The van der Waals surface area contributed by atoms with Gasteiger partial charge in [-0.1, -0.05) is 12.2 Å². The molecule has 1 spiro atoms. The van der Waals surface area contributed by atoms with Crippen LogP contribution in [0.25, 0.3) is 0 Å². The zero-order valence-corrected chi connectivity index (χ0v) is 22.6. The Balaban J connectivity index is 1.66. The van der Waals surface area contributed by atoms with Crippen LogP contribution >= 0.6 is 35.1 Å². The molecule has 1 aromatic carbocycles. The average molecular weight is 559 g/mol. The van der Waals surface area contributed by atoms with Crippen LogP contribution in [0.2, 0.25) is 0 Å². The summed E-state index contributed by atoms with van der Waals surface area (Å²) >= 11 is 8.83. The van der Waals surface area contributed by atoms with Crippen molar-refractivity contribution in [1.82, 2.24) is 9.96 Å². The Morgan fingerprint density at radius 3 is 2.50 bits per heavy atom. The number of fused-ring (bicyclic) bond motifs is 3. The average Bonchev–Trinajstić information content (AvgIpc) is 3.22. The van der Waals surface area contributed by atoms with Crippen LogP contribution in [0, 0.1) is 0 Å². The maximum Gasteiger partial charge on any atom is 0.315 e. The number of likely N-dealkylation sites (N-methyl/N-ethyl adjacent to an activating group) is 1. The van der Waals surface area contributed by atoms with E-state index < -0.39 is 50.8 Å². The van der Waals surface area contributed by atoms with Gasteiger partial charge in [-0.05, 0) is 24.6 Å². The van der Waals surface area contributed by atoms with Crippen LogP contribution in [-0.2, 0) is 14.4 Å². The van der Waals surface area contributed by atoms with E-state index in [1.54, 1.807) is 18.4 Å². The molecule has 3 heterocycles. The first-order valence-corrected chi connectivity index (χ1v) is 14.1. The summed E-state index contributed by atoms with van der Waals surface area (Å²) in [5.41, 5.74) is -2.96. The summed E-state index contributed by atoms with van der Waals surface area (Å²) in [6.45, 7) is 0. The largest absolute Gasteiger partial charge is 0.493 e. The summed E-state index contributed by atoms with van der Waals surface area (Å²) in [5, 5.41) is 21.5. The molecule has 1 aromatic rings. The number of alkyl halides is 1. The molecule has 2 amide bonds. The quantitative estimate of drug-likeness (QED) is 0.416. The van der Waals surface area contributed by atoms with Gasteiger partial charge in [0.15, 0.2) is 16.4 Å². The van der Waals surface area contributed by atoms with Crippen LogP contribution in [0.1, 0.15) is 17.2 Å². The number of aliphatic hydroxyl groups excluding tert-OH is 1. The van der Waals surface area contributed by atoms with E-state index in [9.17, 15) is 19.8 Å². The molecule has 196 valence electrons. The van der Waals surface area contributed by atoms with Gasteiger partial charge in [-0.3, -0.25) is 19.3 Å². The van der Waals surface area contributed by atoms with Crippen LogP contribution in [0.15, 0.2) is 24.3 Å². The fraction of sp³-hybridized carbons (Fsp3) is 0.565. The summed E-state index contributed by atoms with van der Waals surface area (Å²) in [6, 6.07) is 3.49. The van der Waals surface area contributed by atoms with E-state index >= 15 is 0 Å². The van der Waals surface area contributed by atoms with Gasteiger partial charge < -0.3 is 24.4 Å². The second-order valence-electron chi connectivity index (χ2n) is 9.06. The number of rotatable bonds is 4. The predicted octanol–water partition coefficient (Wildman–Crippen LogP) is 1.53. The Morgan fingerprint density at radius 2 is 1.89 bits per heavy atom. The van der Waals surface area contributed by atoms with Crippen LogP contribution < -0.4 is 14.2 Å². The van der Waals surface area contributed by atoms with Crippen molar-refractivity contribution in [3.63, 3.8) is 0 Å². The van der Waals surface area contributed by atoms with Gasteiger partial charge >= 0.3 is 5.91 Å². The summed E-state index contributed by atoms with van der Waals surface area (Å²) in [6.07, 6.45) is 3.58. The van der Waals surface area contributed by atoms with Gasteiger partial charge in [-0.15, -0.1) is 23.4 Å². The zero-order chi connectivity index (χ0) is 26.2. The predicted molar refractivity (Wildman–Crippen MR) is 134 cm³/mol. The smallest absolute Gasteiger partial charge is 0.315 e. The molecular formula is C23H27ClN2O8S2. The first-order chi connectivity index (χ1) is 17.1. The Morgan fingerprint density at radius 1 is 1.17 bits per heavy atom. The fourth-order valence-corrected chi connectivity index (χ4v) is 7.92. The third-order valence-electron chi connectivity index (χ3n) is 7.45. The maximum absolute atomic E-state index is 14.4. The van der Waals surface area contributed by atoms with Crippen molar-refractivity contribution in [1.29, 1.82) is 0 Å². The van der Waals surface area contributed by atoms with E-state index in [0.29, 0.717) is 17.1 Å². The number of methoxy groups -OCH3 is 2. The van der Waals surface area contributed by atoms with Crippen molar-refractivity contribution in [3.8, 4) is 17.2 Å². The molecule has 0 aromatic heterocycles. The lowest BCUT2D eigenvalue weighted by molar-refractivity contribution is -0.326. The van der Waals surface area contributed by atoms with E-state index in [-0.39, 0.29) is 12.2 Å². The minimum Gasteiger partial charge on any atom is -0.493 e. The molecule has 2 fully saturated rings. The molecule has 0 saturated carbocycles. The number of halogens is 1. The Bertz CT molecular complexity index is 1160. The first kappa shape index (κ1) is 25.8. The standard InChI is InChI=1S/C23H27ClN2O8S2/c1-25-19(28)22(36-5)10-21(30)14(24)9-7-12(27)17(21)34-26(22)20(29)23(25)18(35-4)11-6-8-13(31-2)16(32-3)15(11)33-23/h6-9,12,14,17-18,27,30H,10H2,1-5H3. The van der Waals surface area contributed by atoms with Crippen LogP contribution in [-0.4, -0.2) is 99.6 Å². The van der Waals surface area contributed by atoms with Gasteiger partial charge in [0.1, 0.15) is 23.1 Å². The fourth-order valence-electron chi connectivity index (χ4n) is 5.59. The Hall–Kier alpha value is -1.83. The molecule has 2 saturated heterocycles. The van der Waals surface area contributed by atoms with E-state index in [2.05, 4.69) is 0 Å². The SMILES string of the molecule is COc1ccc2c(c1OC)OC1(C(=O)N3OC4C(O)C=CC(Cl)C4(O)CC3(SC)C(=O)N1C)C2SC. The van der Waals surface area contributed by atoms with Gasteiger partial charge in [0.05, 0.1) is 19.6 Å². The number of hydrogen-bond donors (Lipinski definition) is 2. The molecule has 4 aliphatic rings. The molecule has 2 N–H and O–H groups in total. The normalized spacial score (nSPS) is 39.0. The third-order valence-corrected chi connectivity index (χ3v) is 10.2. The maximum atomic E-state index is 14.4. The molecule has 1 aliphatic carbocycles. The Labute approximate surface area is 221 Å². The summed E-state index contributed by atoms with van der Waals surface area (Å²) in [5.74, 6) is -0.158. The first-order valence-electron chi connectivity index (χ1n) is 11.1. The van der Waals surface area contributed by atoms with Crippen molar-refractivity contribution in [2.75, 3.05) is 33.8 Å². The molecule has 0 radical (unpaired) electrons. The molecule has 0 bridgehead atoms. The highest BCUT2D eigenvalue weighted by Crippen LogP contribution is 2.61. The molecule has 5 rings (SSSR count). The highest BCUT2D eigenvalue weighted by Gasteiger charge is 2.74. The Kier molecular flexibility index (Phi) is 6.17. The van der Waals surface area contributed by atoms with Crippen molar-refractivity contribution in [2.45, 2.75) is 45.5 Å². The van der Waals surface area contributed by atoms with Gasteiger partial charge in [0.25, 0.3) is 11.6 Å². The summed E-state index contributed by atoms with van der Waals surface area (Å²) in [4.78, 5) is 34.3. The number of benzene rings is 1. The van der Waals surface area contributed by atoms with Crippen molar-refractivity contribution < 1.29 is 38.9 Å². The lowest BCUT2D eigenvalue weighted by atomic mass is 9.77. The number of carbonyl (C=O) groups is 2. The second-order valence-corrected chi connectivity index (χ2v) is 11.6. The lowest BCUT2D eigenvalue weighted by Crippen LogP contribution is -2.82. The number of amides is 2. The van der Waals surface area contributed by atoms with E-state index in [0.717, 1.165) is 16.8 Å². The minimum absolute atomic E-state index is 0.250. The van der Waals surface area contributed by atoms with Gasteiger partial charge in [-0.25, -0.2) is 0 Å². The number of hydroxylamine groups is 2. The van der Waals surface area contributed by atoms with Crippen molar-refractivity contribution >= 4 is 46.9 Å². The summed E-state index contributed by atoms with van der Waals surface area (Å²) < 4.78 is 17.3. The number of aliphatic hydroxyl groups is 2. The molecule has 3 aliphatic heterocycles. The number of thioether (sulfide) groups is 2. The monoisotopic (exact) mass is 558 g/mol. The topological polar surface area (TPSA) is 118 Å². The summed E-state index contributed by atoms with van der Waals surface area (Å²) in [7, 11) is 4.45. The minimum atomic E-state index is -1.82. The van der Waals surface area contributed by atoms with Gasteiger partial charge in [0, 0.05) is 19.0 Å². The van der Waals surface area contributed by atoms with Crippen LogP contribution in [0.4, 0.5) is 0 Å². The lowest BCUT2D eigenvalue weighted by Gasteiger charge is -2.60. The molecule has 36 heavy (non-hydrogen) atoms. The second kappa shape index (κ2) is 8.60. The molecule has 7 atom stereocenters. The number of carbonyl (C=O) groups excluding carboxylic acids is 2. The molecule has 7 unspecified atom stereocenters. The van der Waals surface area contributed by atoms with Crippen LogP contribution in [0.5, 0.6) is 17.2 Å². The zero-order valence-electron chi connectivity index (χ0n) is 20.3. The van der Waals surface area contributed by atoms with Crippen molar-refractivity contribution in [2.24, 2.45) is 0 Å².